The number of hydrogen-bond acceptors (Lipinski definition) is 1. The summed E-state index contributed by atoms with van der Waals surface area (Å²) in [6.45, 7) is 6.70. The highest BCUT2D eigenvalue weighted by atomic mass is 16.3. The van der Waals surface area contributed by atoms with E-state index in [1.807, 2.05) is 0 Å². The molecule has 0 bridgehead atoms. The molecule has 0 aromatic carbocycles. The van der Waals surface area contributed by atoms with Gasteiger partial charge >= 0.3 is 0 Å². The lowest BCUT2D eigenvalue weighted by molar-refractivity contribution is 0.0533. The third kappa shape index (κ3) is 2.48. The van der Waals surface area contributed by atoms with Gasteiger partial charge in [-0.05, 0) is 43.4 Å². The standard InChI is InChI=1S/C11H22O/c1-4-11(12)10-6-8(2)5-9(3)7-10/h8-12H,4-7H2,1-3H3. The summed E-state index contributed by atoms with van der Waals surface area (Å²) in [6.07, 6.45) is 4.70. The molecule has 3 atom stereocenters. The SMILES string of the molecule is CCC(O)C1CC(C)CC(C)C1. The van der Waals surface area contributed by atoms with Gasteiger partial charge in [0.25, 0.3) is 0 Å². The van der Waals surface area contributed by atoms with Gasteiger partial charge in [0.15, 0.2) is 0 Å². The Morgan fingerprint density at radius 1 is 1.17 bits per heavy atom. The molecule has 1 nitrogen and oxygen atoms in total. The first kappa shape index (κ1) is 10.0. The van der Waals surface area contributed by atoms with Crippen LogP contribution in [0, 0.1) is 17.8 Å². The first-order valence-corrected chi connectivity index (χ1v) is 5.31. The molecule has 0 radical (unpaired) electrons. The molecule has 0 aromatic heterocycles. The van der Waals surface area contributed by atoms with Crippen LogP contribution in [0.1, 0.15) is 46.5 Å². The van der Waals surface area contributed by atoms with Gasteiger partial charge in [0.2, 0.25) is 0 Å². The molecule has 0 heterocycles. The van der Waals surface area contributed by atoms with Crippen molar-refractivity contribution in [1.82, 2.24) is 0 Å². The van der Waals surface area contributed by atoms with Gasteiger partial charge < -0.3 is 5.11 Å². The molecule has 1 aliphatic carbocycles. The minimum absolute atomic E-state index is 0.0461. The predicted molar refractivity (Wildman–Crippen MR) is 52.0 cm³/mol. The smallest absolute Gasteiger partial charge is 0.0566 e. The van der Waals surface area contributed by atoms with E-state index in [0.29, 0.717) is 5.92 Å². The Morgan fingerprint density at radius 3 is 2.08 bits per heavy atom. The second-order valence-electron chi connectivity index (χ2n) is 4.65. The average molecular weight is 170 g/mol. The van der Waals surface area contributed by atoms with E-state index < -0.39 is 0 Å². The molecule has 0 amide bonds. The van der Waals surface area contributed by atoms with Crippen molar-refractivity contribution in [2.24, 2.45) is 17.8 Å². The third-order valence-electron chi connectivity index (χ3n) is 3.18. The maximum Gasteiger partial charge on any atom is 0.0566 e. The lowest BCUT2D eigenvalue weighted by atomic mass is 9.74. The summed E-state index contributed by atoms with van der Waals surface area (Å²) >= 11 is 0. The lowest BCUT2D eigenvalue weighted by Gasteiger charge is -2.33. The fourth-order valence-corrected chi connectivity index (χ4v) is 2.66. The monoisotopic (exact) mass is 170 g/mol. The Labute approximate surface area is 76.2 Å². The molecule has 1 heteroatoms. The number of rotatable bonds is 2. The highest BCUT2D eigenvalue weighted by Crippen LogP contribution is 2.35. The summed E-state index contributed by atoms with van der Waals surface area (Å²) in [4.78, 5) is 0. The number of aliphatic hydroxyl groups excluding tert-OH is 1. The number of aliphatic hydroxyl groups is 1. The second kappa shape index (κ2) is 4.27. The molecular formula is C11H22O. The minimum Gasteiger partial charge on any atom is -0.393 e. The van der Waals surface area contributed by atoms with Crippen LogP contribution in [0.3, 0.4) is 0 Å². The van der Waals surface area contributed by atoms with Crippen molar-refractivity contribution in [1.29, 1.82) is 0 Å². The van der Waals surface area contributed by atoms with E-state index in [4.69, 9.17) is 0 Å². The largest absolute Gasteiger partial charge is 0.393 e. The van der Waals surface area contributed by atoms with Gasteiger partial charge in [0, 0.05) is 0 Å². The summed E-state index contributed by atoms with van der Waals surface area (Å²) in [6, 6.07) is 0. The zero-order valence-corrected chi connectivity index (χ0v) is 8.59. The zero-order chi connectivity index (χ0) is 9.14. The Hall–Kier alpha value is -0.0400. The van der Waals surface area contributed by atoms with Crippen LogP contribution in [0.15, 0.2) is 0 Å². The van der Waals surface area contributed by atoms with Crippen LogP contribution in [-0.4, -0.2) is 11.2 Å². The topological polar surface area (TPSA) is 20.2 Å². The Morgan fingerprint density at radius 2 is 1.67 bits per heavy atom. The number of hydrogen-bond donors (Lipinski definition) is 1. The Bertz CT molecular complexity index is 123. The van der Waals surface area contributed by atoms with Gasteiger partial charge in [-0.15, -0.1) is 0 Å². The van der Waals surface area contributed by atoms with Crippen LogP contribution >= 0.6 is 0 Å². The Balaban J connectivity index is 2.43. The summed E-state index contributed by atoms with van der Waals surface area (Å²) < 4.78 is 0. The van der Waals surface area contributed by atoms with Gasteiger partial charge in [-0.25, -0.2) is 0 Å². The van der Waals surface area contributed by atoms with Crippen molar-refractivity contribution in [2.75, 3.05) is 0 Å². The first-order valence-electron chi connectivity index (χ1n) is 5.31. The van der Waals surface area contributed by atoms with E-state index in [0.717, 1.165) is 18.3 Å². The van der Waals surface area contributed by atoms with Crippen molar-refractivity contribution >= 4 is 0 Å². The minimum atomic E-state index is -0.0461. The highest BCUT2D eigenvalue weighted by Gasteiger charge is 2.27. The molecule has 0 saturated heterocycles. The van der Waals surface area contributed by atoms with Crippen LogP contribution in [0.4, 0.5) is 0 Å². The molecule has 12 heavy (non-hydrogen) atoms. The van der Waals surface area contributed by atoms with Crippen molar-refractivity contribution in [3.8, 4) is 0 Å². The average Bonchev–Trinajstić information content (AvgIpc) is 2.01. The normalized spacial score (nSPS) is 39.5. The van der Waals surface area contributed by atoms with E-state index in [-0.39, 0.29) is 6.10 Å². The second-order valence-corrected chi connectivity index (χ2v) is 4.65. The fraction of sp³-hybridized carbons (Fsp3) is 1.00. The van der Waals surface area contributed by atoms with Crippen LogP contribution in [0.5, 0.6) is 0 Å². The van der Waals surface area contributed by atoms with Gasteiger partial charge in [0.1, 0.15) is 0 Å². The van der Waals surface area contributed by atoms with E-state index in [1.165, 1.54) is 19.3 Å². The summed E-state index contributed by atoms with van der Waals surface area (Å²) in [5, 5.41) is 9.72. The van der Waals surface area contributed by atoms with Crippen LogP contribution in [0.25, 0.3) is 0 Å². The van der Waals surface area contributed by atoms with Crippen LogP contribution in [-0.2, 0) is 0 Å². The lowest BCUT2D eigenvalue weighted by Crippen LogP contribution is -2.28. The van der Waals surface area contributed by atoms with E-state index in [1.54, 1.807) is 0 Å². The summed E-state index contributed by atoms with van der Waals surface area (Å²) in [5.41, 5.74) is 0. The van der Waals surface area contributed by atoms with Gasteiger partial charge in [0.05, 0.1) is 6.10 Å². The highest BCUT2D eigenvalue weighted by molar-refractivity contribution is 4.78. The van der Waals surface area contributed by atoms with Gasteiger partial charge in [-0.3, -0.25) is 0 Å². The molecule has 0 aromatic rings. The van der Waals surface area contributed by atoms with E-state index in [2.05, 4.69) is 20.8 Å². The molecule has 0 spiro atoms. The van der Waals surface area contributed by atoms with Gasteiger partial charge in [-0.2, -0.15) is 0 Å². The maximum atomic E-state index is 9.72. The zero-order valence-electron chi connectivity index (χ0n) is 8.59. The molecule has 3 unspecified atom stereocenters. The fourth-order valence-electron chi connectivity index (χ4n) is 2.66. The van der Waals surface area contributed by atoms with Crippen LogP contribution in [0.2, 0.25) is 0 Å². The predicted octanol–water partition coefficient (Wildman–Crippen LogP) is 2.83. The molecule has 1 rings (SSSR count). The molecular weight excluding hydrogens is 148 g/mol. The van der Waals surface area contributed by atoms with Crippen molar-refractivity contribution in [3.63, 3.8) is 0 Å². The third-order valence-corrected chi connectivity index (χ3v) is 3.18. The van der Waals surface area contributed by atoms with Gasteiger partial charge in [-0.1, -0.05) is 20.8 Å². The van der Waals surface area contributed by atoms with E-state index >= 15 is 0 Å². The summed E-state index contributed by atoms with van der Waals surface area (Å²) in [5.74, 6) is 2.22. The molecule has 1 aliphatic rings. The quantitative estimate of drug-likeness (QED) is 0.675. The molecule has 72 valence electrons. The first-order chi connectivity index (χ1) is 5.63. The molecule has 1 N–H and O–H groups in total. The van der Waals surface area contributed by atoms with Crippen molar-refractivity contribution in [3.05, 3.63) is 0 Å². The van der Waals surface area contributed by atoms with E-state index in [9.17, 15) is 5.11 Å². The van der Waals surface area contributed by atoms with Crippen LogP contribution < -0.4 is 0 Å². The van der Waals surface area contributed by atoms with Crippen molar-refractivity contribution in [2.45, 2.75) is 52.6 Å². The summed E-state index contributed by atoms with van der Waals surface area (Å²) in [7, 11) is 0. The molecule has 1 saturated carbocycles. The van der Waals surface area contributed by atoms with Crippen molar-refractivity contribution < 1.29 is 5.11 Å². The molecule has 1 fully saturated rings. The maximum absolute atomic E-state index is 9.72. The molecule has 0 aliphatic heterocycles. The Kier molecular flexibility index (Phi) is 3.57.